The molecule has 14 aliphatic rings. The van der Waals surface area contributed by atoms with Crippen LogP contribution in [-0.4, -0.2) is 66.1 Å². The predicted molar refractivity (Wildman–Crippen MR) is 167 cm³/mol. The van der Waals surface area contributed by atoms with Crippen LogP contribution in [0, 0.1) is 68.0 Å². The van der Waals surface area contributed by atoms with Crippen LogP contribution in [0.25, 0.3) is 0 Å². The van der Waals surface area contributed by atoms with Crippen molar-refractivity contribution in [2.45, 2.75) is 116 Å². The van der Waals surface area contributed by atoms with E-state index < -0.39 is 98.6 Å². The largest absolute Gasteiger partial charge is 1.20 e. The van der Waals surface area contributed by atoms with E-state index in [1.54, 1.807) is 0 Å². The molecule has 14 fully saturated rings. The molecule has 0 aromatic heterocycles. The van der Waals surface area contributed by atoms with Gasteiger partial charge in [-0.1, -0.05) is 0 Å². The van der Waals surface area contributed by atoms with Crippen molar-refractivity contribution in [3.63, 3.8) is 0 Å². The minimum absolute atomic E-state index is 0.0657. The van der Waals surface area contributed by atoms with E-state index in [0.29, 0.717) is 114 Å². The summed E-state index contributed by atoms with van der Waals surface area (Å²) in [6.07, 6.45) is 11.8. The molecule has 2 heterocycles. The number of hydrogen-bond donors (Lipinski definition) is 0. The summed E-state index contributed by atoms with van der Waals surface area (Å²) < 4.78 is 35.3. The summed E-state index contributed by atoms with van der Waals surface area (Å²) in [5.41, 5.74) is -4.88. The van der Waals surface area contributed by atoms with E-state index in [4.69, 9.17) is 22.7 Å². The summed E-state index contributed by atoms with van der Waals surface area (Å²) in [7, 11) is 0. The van der Waals surface area contributed by atoms with Crippen LogP contribution in [0.1, 0.15) is 116 Å². The zero-order chi connectivity index (χ0) is 34.1. The Morgan fingerprint density at radius 2 is 0.700 bits per heavy atom. The van der Waals surface area contributed by atoms with Crippen molar-refractivity contribution < 1.29 is 51.5 Å². The van der Waals surface area contributed by atoms with Gasteiger partial charge in [0.05, 0.1) is 32.5 Å². The topological polar surface area (TPSA) is 158 Å². The second-order valence-corrected chi connectivity index (χ2v) is 22.1. The molecular formula is C36H42Al2O12. The maximum atomic E-state index is 14.2. The lowest BCUT2D eigenvalue weighted by Gasteiger charge is -2.61. The SMILES string of the molecule is O=C([O][Al]1[O]C(=O)C23CC4CC(C2)CC(C4)(C3)C(=O)[O]1)C12CC3CC(C1)CC(C(=O)[O][Al]1[O]C(=O)C45CC6CC(C4)CC(C6)(C5)C(=O)[O]1)(C3)C2. The fraction of sp³-hybridized carbons (Fsp3) is 0.833. The summed E-state index contributed by atoms with van der Waals surface area (Å²) >= 11 is -7.06. The zero-order valence-corrected chi connectivity index (χ0v) is 30.6. The van der Waals surface area contributed by atoms with Crippen molar-refractivity contribution in [1.82, 2.24) is 0 Å². The summed E-state index contributed by atoms with van der Waals surface area (Å²) in [6.45, 7) is 0. The number of hydrogen-bond acceptors (Lipinski definition) is 12. The Balaban J connectivity index is 0.827. The summed E-state index contributed by atoms with van der Waals surface area (Å²) in [4.78, 5) is 83.2. The van der Waals surface area contributed by atoms with Crippen molar-refractivity contribution in [2.24, 2.45) is 68.0 Å². The summed E-state index contributed by atoms with van der Waals surface area (Å²) in [6, 6.07) is 0. The second-order valence-electron chi connectivity index (χ2n) is 19.6. The first kappa shape index (κ1) is 31.4. The first-order valence-electron chi connectivity index (χ1n) is 19.1. The van der Waals surface area contributed by atoms with Crippen LogP contribution >= 0.6 is 0 Å². The highest BCUT2D eigenvalue weighted by molar-refractivity contribution is 6.45. The molecule has 14 heteroatoms. The molecule has 12 aliphatic carbocycles. The average Bonchev–Trinajstić information content (AvgIpc) is 3.02. The molecule has 0 unspecified atom stereocenters. The van der Waals surface area contributed by atoms with Gasteiger partial charge in [0, 0.05) is 0 Å². The van der Waals surface area contributed by atoms with E-state index in [9.17, 15) is 28.8 Å². The Hall–Kier alpha value is -2.12. The van der Waals surface area contributed by atoms with Crippen LogP contribution < -0.4 is 0 Å². The quantitative estimate of drug-likeness (QED) is 0.385. The van der Waals surface area contributed by atoms with Gasteiger partial charge in [0.1, 0.15) is 0 Å². The van der Waals surface area contributed by atoms with Gasteiger partial charge in [0.15, 0.2) is 0 Å². The molecular weight excluding hydrogens is 678 g/mol. The van der Waals surface area contributed by atoms with E-state index in [1.807, 2.05) is 0 Å². The van der Waals surface area contributed by atoms with Crippen LogP contribution in [0.4, 0.5) is 0 Å². The van der Waals surface area contributed by atoms with Gasteiger partial charge >= 0.3 is 30.3 Å². The molecule has 12 nitrogen and oxygen atoms in total. The summed E-state index contributed by atoms with van der Waals surface area (Å²) in [5.74, 6) is -1.36. The average molecular weight is 721 g/mol. The van der Waals surface area contributed by atoms with Gasteiger partial charge in [-0.25, -0.2) is 0 Å². The normalized spacial score (nSPS) is 51.5. The molecule has 14 rings (SSSR count). The first-order chi connectivity index (χ1) is 23.8. The first-order valence-corrected chi connectivity index (χ1v) is 21.9. The third kappa shape index (κ3) is 4.23. The van der Waals surface area contributed by atoms with E-state index in [2.05, 4.69) is 0 Å². The standard InChI is InChI=1S/3C12H16O4.2Al/c3*13-9(14)11-2-7-1-8(4-11)5-12(3-7,6-11)10(15)16;;/h3*7-8H,1-6H2,(H,13,14)(H,15,16);;/q;;;2*+3/p-6. The zero-order valence-electron chi connectivity index (χ0n) is 28.2. The third-order valence-corrected chi connectivity index (χ3v) is 18.4. The van der Waals surface area contributed by atoms with E-state index in [1.165, 1.54) is 0 Å². The smallest absolute Gasteiger partial charge is 0.550 e. The van der Waals surface area contributed by atoms with Gasteiger partial charge in [-0.2, -0.15) is 0 Å². The molecule has 0 radical (unpaired) electrons. The van der Waals surface area contributed by atoms with Crippen molar-refractivity contribution >= 4 is 66.1 Å². The minimum atomic E-state index is -3.53. The Labute approximate surface area is 300 Å². The molecule has 12 saturated carbocycles. The highest BCUT2D eigenvalue weighted by Gasteiger charge is 2.72. The van der Waals surface area contributed by atoms with Crippen LogP contribution in [0.5, 0.6) is 0 Å². The third-order valence-electron chi connectivity index (χ3n) is 16.0. The number of carbonyl (C=O) groups is 6. The van der Waals surface area contributed by atoms with Crippen molar-refractivity contribution in [3.8, 4) is 0 Å². The molecule has 264 valence electrons. The van der Waals surface area contributed by atoms with E-state index in [-0.39, 0.29) is 18.3 Å². The maximum Gasteiger partial charge on any atom is 1.20 e. The molecule has 2 aliphatic heterocycles. The van der Waals surface area contributed by atoms with Gasteiger partial charge < -0.3 is 22.7 Å². The van der Waals surface area contributed by atoms with Crippen molar-refractivity contribution in [1.29, 1.82) is 0 Å². The molecule has 0 N–H and O–H groups in total. The van der Waals surface area contributed by atoms with E-state index >= 15 is 0 Å². The predicted octanol–water partition coefficient (Wildman–Crippen LogP) is 4.00. The molecule has 0 aromatic carbocycles. The molecule has 12 bridgehead atoms. The molecule has 50 heavy (non-hydrogen) atoms. The monoisotopic (exact) mass is 720 g/mol. The highest BCUT2D eigenvalue weighted by Crippen LogP contribution is 2.69. The van der Waals surface area contributed by atoms with Gasteiger partial charge in [0.2, 0.25) is 0 Å². The second kappa shape index (κ2) is 9.89. The van der Waals surface area contributed by atoms with E-state index in [0.717, 1.165) is 19.3 Å². The lowest BCUT2D eigenvalue weighted by Crippen LogP contribution is -2.63. The van der Waals surface area contributed by atoms with Crippen LogP contribution in [0.2, 0.25) is 0 Å². The maximum absolute atomic E-state index is 14.2. The molecule has 0 amide bonds. The van der Waals surface area contributed by atoms with Crippen LogP contribution in [-0.2, 0) is 51.5 Å². The van der Waals surface area contributed by atoms with Crippen molar-refractivity contribution in [2.75, 3.05) is 0 Å². The van der Waals surface area contributed by atoms with Gasteiger partial charge in [-0.3, -0.25) is 28.8 Å². The fourth-order valence-corrected chi connectivity index (χ4v) is 18.5. The molecule has 2 saturated heterocycles. The van der Waals surface area contributed by atoms with Crippen LogP contribution in [0.3, 0.4) is 0 Å². The fourth-order valence-electron chi connectivity index (χ4n) is 15.6. The van der Waals surface area contributed by atoms with Gasteiger partial charge in [-0.05, 0) is 151 Å². The Morgan fingerprint density at radius 3 is 0.980 bits per heavy atom. The van der Waals surface area contributed by atoms with Gasteiger partial charge in [0.25, 0.3) is 35.8 Å². The number of rotatable bonds is 4. The molecule has 4 spiro atoms. The Kier molecular flexibility index (Phi) is 6.22. The summed E-state index contributed by atoms with van der Waals surface area (Å²) in [5, 5.41) is 0. The molecule has 0 aromatic rings. The number of carbonyl (C=O) groups excluding carboxylic acids is 6. The van der Waals surface area contributed by atoms with Crippen molar-refractivity contribution in [3.05, 3.63) is 0 Å². The molecule has 0 atom stereocenters. The lowest BCUT2D eigenvalue weighted by atomic mass is 9.44. The Morgan fingerprint density at radius 1 is 0.440 bits per heavy atom. The minimum Gasteiger partial charge on any atom is -0.550 e. The Bertz CT molecular complexity index is 1440. The van der Waals surface area contributed by atoms with Gasteiger partial charge in [-0.15, -0.1) is 0 Å². The lowest BCUT2D eigenvalue weighted by molar-refractivity contribution is -0.199. The van der Waals surface area contributed by atoms with Crippen LogP contribution in [0.15, 0.2) is 0 Å². The highest BCUT2D eigenvalue weighted by atomic mass is 27.3.